The van der Waals surface area contributed by atoms with Gasteiger partial charge in [-0.1, -0.05) is 0 Å². The first-order valence-electron chi connectivity index (χ1n) is 4.22. The summed E-state index contributed by atoms with van der Waals surface area (Å²) in [6, 6.07) is 1.10. The highest BCUT2D eigenvalue weighted by molar-refractivity contribution is 5.88. The topological polar surface area (TPSA) is 62.2 Å². The number of hydrogen-bond donors (Lipinski definition) is 2. The van der Waals surface area contributed by atoms with Crippen molar-refractivity contribution in [2.45, 2.75) is 6.42 Å². The van der Waals surface area contributed by atoms with E-state index in [4.69, 9.17) is 11.5 Å². The highest BCUT2D eigenvalue weighted by Gasteiger charge is 2.14. The lowest BCUT2D eigenvalue weighted by Gasteiger charge is -2.05. The second-order valence-electron chi connectivity index (χ2n) is 2.71. The van der Waals surface area contributed by atoms with Crippen molar-refractivity contribution in [3.8, 4) is 12.3 Å². The predicted octanol–water partition coefficient (Wildman–Crippen LogP) is 1.35. The van der Waals surface area contributed by atoms with Gasteiger partial charge in [-0.3, -0.25) is 0 Å². The summed E-state index contributed by atoms with van der Waals surface area (Å²) in [6.45, 7) is 0.351. The number of terminal acetylenes is 1. The van der Waals surface area contributed by atoms with Crippen molar-refractivity contribution in [3.63, 3.8) is 0 Å². The Morgan fingerprint density at radius 1 is 1.73 bits per heavy atom. The average molecular weight is 208 g/mol. The second kappa shape index (κ2) is 4.96. The highest BCUT2D eigenvalue weighted by Crippen LogP contribution is 2.14. The quantitative estimate of drug-likeness (QED) is 0.579. The van der Waals surface area contributed by atoms with Crippen LogP contribution in [0.15, 0.2) is 12.3 Å². The summed E-state index contributed by atoms with van der Waals surface area (Å²) in [5, 5.41) is 11.3. The zero-order valence-corrected chi connectivity index (χ0v) is 7.83. The fourth-order valence-corrected chi connectivity index (χ4v) is 0.985. The SMILES string of the molecule is C#CCCNc1nccc(C(=O)O)c1F. The number of pyridine rings is 1. The summed E-state index contributed by atoms with van der Waals surface area (Å²) in [5.41, 5.74) is -0.409. The molecule has 0 radical (unpaired) electrons. The van der Waals surface area contributed by atoms with E-state index in [1.807, 2.05) is 0 Å². The van der Waals surface area contributed by atoms with Gasteiger partial charge in [0.1, 0.15) is 5.56 Å². The molecule has 1 aromatic rings. The molecule has 1 aromatic heterocycles. The fraction of sp³-hybridized carbons (Fsp3) is 0.200. The Labute approximate surface area is 86.1 Å². The Hall–Kier alpha value is -2.09. The van der Waals surface area contributed by atoms with Gasteiger partial charge in [0.25, 0.3) is 0 Å². The van der Waals surface area contributed by atoms with E-state index in [2.05, 4.69) is 16.2 Å². The third kappa shape index (κ3) is 2.68. The third-order valence-electron chi connectivity index (χ3n) is 1.68. The third-order valence-corrected chi connectivity index (χ3v) is 1.68. The van der Waals surface area contributed by atoms with Crippen LogP contribution in [0.5, 0.6) is 0 Å². The van der Waals surface area contributed by atoms with Gasteiger partial charge < -0.3 is 10.4 Å². The zero-order chi connectivity index (χ0) is 11.3. The van der Waals surface area contributed by atoms with E-state index in [1.165, 1.54) is 6.20 Å². The standard InChI is InChI=1S/C10H9FN2O2/c1-2-3-5-12-9-8(11)7(10(14)15)4-6-13-9/h1,4,6H,3,5H2,(H,12,13)(H,14,15). The van der Waals surface area contributed by atoms with Crippen LogP contribution in [-0.4, -0.2) is 22.6 Å². The number of nitrogens with one attached hydrogen (secondary N) is 1. The van der Waals surface area contributed by atoms with Gasteiger partial charge in [-0.25, -0.2) is 14.2 Å². The molecule has 0 atom stereocenters. The van der Waals surface area contributed by atoms with Gasteiger partial charge in [-0.05, 0) is 6.07 Å². The molecule has 0 saturated carbocycles. The number of aromatic nitrogens is 1. The van der Waals surface area contributed by atoms with Crippen molar-refractivity contribution in [1.29, 1.82) is 0 Å². The lowest BCUT2D eigenvalue weighted by Crippen LogP contribution is -2.09. The largest absolute Gasteiger partial charge is 0.478 e. The lowest BCUT2D eigenvalue weighted by molar-refractivity contribution is 0.0692. The van der Waals surface area contributed by atoms with Crippen molar-refractivity contribution < 1.29 is 14.3 Å². The van der Waals surface area contributed by atoms with Crippen LogP contribution in [0.4, 0.5) is 10.2 Å². The van der Waals surface area contributed by atoms with E-state index in [9.17, 15) is 9.18 Å². The number of hydrogen-bond acceptors (Lipinski definition) is 3. The van der Waals surface area contributed by atoms with Crippen LogP contribution in [0.3, 0.4) is 0 Å². The minimum absolute atomic E-state index is 0.0925. The Kier molecular flexibility index (Phi) is 3.63. The van der Waals surface area contributed by atoms with Gasteiger partial charge in [0.2, 0.25) is 0 Å². The van der Waals surface area contributed by atoms with E-state index < -0.39 is 17.3 Å². The van der Waals surface area contributed by atoms with E-state index in [1.54, 1.807) is 0 Å². The Balaban J connectivity index is 2.86. The molecule has 0 spiro atoms. The molecule has 0 amide bonds. The van der Waals surface area contributed by atoms with Crippen molar-refractivity contribution in [2.24, 2.45) is 0 Å². The maximum atomic E-state index is 13.4. The van der Waals surface area contributed by atoms with Crippen molar-refractivity contribution in [1.82, 2.24) is 4.98 Å². The maximum absolute atomic E-state index is 13.4. The van der Waals surface area contributed by atoms with Gasteiger partial charge in [-0.15, -0.1) is 12.3 Å². The first-order valence-corrected chi connectivity index (χ1v) is 4.22. The van der Waals surface area contributed by atoms with Gasteiger partial charge in [-0.2, -0.15) is 0 Å². The first-order chi connectivity index (χ1) is 7.16. The fourth-order valence-electron chi connectivity index (χ4n) is 0.985. The Morgan fingerprint density at radius 2 is 2.47 bits per heavy atom. The monoisotopic (exact) mass is 208 g/mol. The number of aromatic carboxylic acids is 1. The van der Waals surface area contributed by atoms with E-state index in [0.29, 0.717) is 13.0 Å². The molecule has 0 aliphatic heterocycles. The lowest BCUT2D eigenvalue weighted by atomic mass is 10.2. The molecular formula is C10H9FN2O2. The van der Waals surface area contributed by atoms with Crippen LogP contribution in [0.25, 0.3) is 0 Å². The molecule has 0 aromatic carbocycles. The number of carbonyl (C=O) groups is 1. The summed E-state index contributed by atoms with van der Waals surface area (Å²) in [5.74, 6) is 0.0760. The number of carboxylic acid groups (broad SMARTS) is 1. The van der Waals surface area contributed by atoms with E-state index in [0.717, 1.165) is 6.07 Å². The molecular weight excluding hydrogens is 199 g/mol. The molecule has 2 N–H and O–H groups in total. The molecule has 1 rings (SSSR count). The maximum Gasteiger partial charge on any atom is 0.338 e. The van der Waals surface area contributed by atoms with Gasteiger partial charge in [0.05, 0.1) is 0 Å². The summed E-state index contributed by atoms with van der Waals surface area (Å²) >= 11 is 0. The number of rotatable bonds is 4. The summed E-state index contributed by atoms with van der Waals surface area (Å²) in [7, 11) is 0. The van der Waals surface area contributed by atoms with Crippen LogP contribution in [0.2, 0.25) is 0 Å². The molecule has 0 saturated heterocycles. The molecule has 1 heterocycles. The van der Waals surface area contributed by atoms with Crippen LogP contribution >= 0.6 is 0 Å². The molecule has 4 nitrogen and oxygen atoms in total. The molecule has 0 unspecified atom stereocenters. The molecule has 0 aliphatic carbocycles. The molecule has 0 bridgehead atoms. The first kappa shape index (κ1) is 11.0. The van der Waals surface area contributed by atoms with Crippen LogP contribution < -0.4 is 5.32 Å². The van der Waals surface area contributed by atoms with Gasteiger partial charge in [0.15, 0.2) is 11.6 Å². The number of carboxylic acids is 1. The van der Waals surface area contributed by atoms with Crippen molar-refractivity contribution in [3.05, 3.63) is 23.6 Å². The Bertz CT molecular complexity index is 412. The molecule has 0 aliphatic rings. The van der Waals surface area contributed by atoms with Gasteiger partial charge >= 0.3 is 5.97 Å². The molecule has 78 valence electrons. The van der Waals surface area contributed by atoms with Gasteiger partial charge in [0, 0.05) is 19.2 Å². The highest BCUT2D eigenvalue weighted by atomic mass is 19.1. The van der Waals surface area contributed by atoms with Crippen LogP contribution in [0.1, 0.15) is 16.8 Å². The van der Waals surface area contributed by atoms with Crippen LogP contribution in [-0.2, 0) is 0 Å². The smallest absolute Gasteiger partial charge is 0.338 e. The average Bonchev–Trinajstić information content (AvgIpc) is 2.20. The summed E-state index contributed by atoms with van der Waals surface area (Å²) < 4.78 is 13.4. The molecule has 0 fully saturated rings. The zero-order valence-electron chi connectivity index (χ0n) is 7.83. The molecule has 5 heteroatoms. The molecule has 15 heavy (non-hydrogen) atoms. The number of nitrogens with zero attached hydrogens (tertiary/aromatic N) is 1. The summed E-state index contributed by atoms with van der Waals surface area (Å²) in [6.07, 6.45) is 6.65. The van der Waals surface area contributed by atoms with Crippen LogP contribution in [0, 0.1) is 18.2 Å². The van der Waals surface area contributed by atoms with E-state index >= 15 is 0 Å². The Morgan fingerprint density at radius 3 is 3.07 bits per heavy atom. The van der Waals surface area contributed by atoms with Crippen molar-refractivity contribution >= 4 is 11.8 Å². The number of anilines is 1. The predicted molar refractivity (Wildman–Crippen MR) is 53.1 cm³/mol. The summed E-state index contributed by atoms with van der Waals surface area (Å²) in [4.78, 5) is 14.3. The number of halogens is 1. The van der Waals surface area contributed by atoms with E-state index in [-0.39, 0.29) is 5.82 Å². The normalized spacial score (nSPS) is 9.33. The minimum Gasteiger partial charge on any atom is -0.478 e. The minimum atomic E-state index is -1.32. The second-order valence-corrected chi connectivity index (χ2v) is 2.71. The van der Waals surface area contributed by atoms with Crippen molar-refractivity contribution in [2.75, 3.05) is 11.9 Å².